The number of pyridine rings is 1. The first-order chi connectivity index (χ1) is 17.9. The van der Waals surface area contributed by atoms with Gasteiger partial charge in [0.05, 0.1) is 5.52 Å². The van der Waals surface area contributed by atoms with E-state index in [0.29, 0.717) is 6.04 Å². The number of nitrogens with zero attached hydrogens (tertiary/aromatic N) is 4. The summed E-state index contributed by atoms with van der Waals surface area (Å²) in [5.41, 5.74) is 9.81. The third-order valence-electron chi connectivity index (χ3n) is 8.73. The molecule has 2 fully saturated rings. The fourth-order valence-electron chi connectivity index (χ4n) is 6.09. The Morgan fingerprint density at radius 3 is 2.49 bits per heavy atom. The van der Waals surface area contributed by atoms with E-state index in [9.17, 15) is 0 Å². The lowest BCUT2D eigenvalue weighted by atomic mass is 9.84. The monoisotopic (exact) mass is 523 g/mol. The summed E-state index contributed by atoms with van der Waals surface area (Å²) in [6.45, 7) is 15.7. The lowest BCUT2D eigenvalue weighted by molar-refractivity contribution is 0.216. The number of fused-ring (bicyclic) bond motifs is 1. The average Bonchev–Trinajstić information content (AvgIpc) is 2.91. The molecule has 0 unspecified atom stereocenters. The molecular formula is C31H49N5S. The maximum Gasteiger partial charge on any atom is 0.129 e. The van der Waals surface area contributed by atoms with Crippen LogP contribution in [-0.4, -0.2) is 78.0 Å². The van der Waals surface area contributed by atoms with E-state index in [1.165, 1.54) is 60.0 Å². The second-order valence-electron chi connectivity index (χ2n) is 11.4. The molecule has 0 spiro atoms. The SMILES string of the molecule is CCN(CC)CCCC(=S)Cc1ccc2nc(N3CCN(CCC4CCC(N)CC4)CC3)cc(C)c2c1. The van der Waals surface area contributed by atoms with Crippen molar-refractivity contribution in [3.05, 3.63) is 35.4 Å². The van der Waals surface area contributed by atoms with Crippen LogP contribution < -0.4 is 10.6 Å². The third kappa shape index (κ3) is 8.19. The van der Waals surface area contributed by atoms with Crippen molar-refractivity contribution in [2.24, 2.45) is 11.7 Å². The molecule has 0 atom stereocenters. The van der Waals surface area contributed by atoms with Crippen LogP contribution in [0.3, 0.4) is 0 Å². The summed E-state index contributed by atoms with van der Waals surface area (Å²) < 4.78 is 0. The maximum atomic E-state index is 6.08. The number of hydrogen-bond donors (Lipinski definition) is 1. The van der Waals surface area contributed by atoms with Crippen LogP contribution in [-0.2, 0) is 6.42 Å². The first-order valence-electron chi connectivity index (χ1n) is 14.8. The number of thiocarbonyl (C=S) groups is 1. The highest BCUT2D eigenvalue weighted by molar-refractivity contribution is 7.80. The third-order valence-corrected chi connectivity index (χ3v) is 9.08. The van der Waals surface area contributed by atoms with Gasteiger partial charge in [0, 0.05) is 44.0 Å². The first kappa shape index (κ1) is 28.4. The molecule has 6 heteroatoms. The van der Waals surface area contributed by atoms with Gasteiger partial charge in [-0.3, -0.25) is 4.90 Å². The Kier molecular flexibility index (Phi) is 10.7. The number of piperazine rings is 1. The molecular weight excluding hydrogens is 474 g/mol. The van der Waals surface area contributed by atoms with E-state index in [-0.39, 0.29) is 0 Å². The smallest absolute Gasteiger partial charge is 0.129 e. The van der Waals surface area contributed by atoms with Crippen molar-refractivity contribution in [2.75, 3.05) is 57.3 Å². The molecule has 5 nitrogen and oxygen atoms in total. The highest BCUT2D eigenvalue weighted by Gasteiger charge is 2.22. The molecule has 1 saturated carbocycles. The van der Waals surface area contributed by atoms with Crippen LogP contribution >= 0.6 is 12.2 Å². The molecule has 1 aromatic heterocycles. The Hall–Kier alpha value is -1.60. The van der Waals surface area contributed by atoms with Crippen molar-refractivity contribution in [2.45, 2.75) is 78.2 Å². The number of aryl methyl sites for hydroxylation is 1. The van der Waals surface area contributed by atoms with E-state index < -0.39 is 0 Å². The van der Waals surface area contributed by atoms with Crippen LogP contribution in [0.2, 0.25) is 0 Å². The summed E-state index contributed by atoms with van der Waals surface area (Å²) in [4.78, 5) is 13.8. The van der Waals surface area contributed by atoms with E-state index in [4.69, 9.17) is 22.9 Å². The van der Waals surface area contributed by atoms with Gasteiger partial charge in [0.25, 0.3) is 0 Å². The second-order valence-corrected chi connectivity index (χ2v) is 12.0. The first-order valence-corrected chi connectivity index (χ1v) is 15.2. The summed E-state index contributed by atoms with van der Waals surface area (Å²) in [5, 5.41) is 1.26. The zero-order valence-corrected chi connectivity index (χ0v) is 24.4. The van der Waals surface area contributed by atoms with Crippen LogP contribution in [0.5, 0.6) is 0 Å². The molecule has 2 heterocycles. The molecule has 0 radical (unpaired) electrons. The fourth-order valence-corrected chi connectivity index (χ4v) is 6.40. The van der Waals surface area contributed by atoms with Gasteiger partial charge in [-0.2, -0.15) is 0 Å². The molecule has 1 aliphatic carbocycles. The summed E-state index contributed by atoms with van der Waals surface area (Å²) >= 11 is 5.74. The zero-order chi connectivity index (χ0) is 26.2. The lowest BCUT2D eigenvalue weighted by Gasteiger charge is -2.36. The standard InChI is InChI=1S/C31H49N5S/c1-4-34(5-2)15-6-7-28(37)22-26-10-13-30-29(23-26)24(3)21-31(33-30)36-19-17-35(18-20-36)16-14-25-8-11-27(32)12-9-25/h10,13,21,23,25,27H,4-9,11-12,14-20,22,32H2,1-3H3. The number of anilines is 1. The van der Waals surface area contributed by atoms with E-state index in [1.807, 2.05) is 0 Å². The molecule has 1 saturated heterocycles. The number of benzene rings is 1. The van der Waals surface area contributed by atoms with E-state index in [0.717, 1.165) is 82.3 Å². The quantitative estimate of drug-likeness (QED) is 0.365. The van der Waals surface area contributed by atoms with Gasteiger partial charge < -0.3 is 15.5 Å². The summed E-state index contributed by atoms with van der Waals surface area (Å²) in [6.07, 6.45) is 9.49. The van der Waals surface area contributed by atoms with Crippen molar-refractivity contribution >= 4 is 33.8 Å². The second kappa shape index (κ2) is 14.0. The maximum absolute atomic E-state index is 6.08. The molecule has 0 amide bonds. The van der Waals surface area contributed by atoms with Gasteiger partial charge in [0.15, 0.2) is 0 Å². The van der Waals surface area contributed by atoms with Crippen LogP contribution in [0.25, 0.3) is 10.9 Å². The van der Waals surface area contributed by atoms with E-state index in [2.05, 4.69) is 59.7 Å². The Labute approximate surface area is 230 Å². The summed E-state index contributed by atoms with van der Waals surface area (Å²) in [5.74, 6) is 2.01. The predicted octanol–water partition coefficient (Wildman–Crippen LogP) is 5.61. The van der Waals surface area contributed by atoms with Gasteiger partial charge in [-0.1, -0.05) is 32.1 Å². The highest BCUT2D eigenvalue weighted by atomic mass is 32.1. The summed E-state index contributed by atoms with van der Waals surface area (Å²) in [6, 6.07) is 9.48. The number of rotatable bonds is 12. The van der Waals surface area contributed by atoms with Gasteiger partial charge in [0.2, 0.25) is 0 Å². The topological polar surface area (TPSA) is 48.6 Å². The average molecular weight is 524 g/mol. The van der Waals surface area contributed by atoms with Gasteiger partial charge >= 0.3 is 0 Å². The number of aromatic nitrogens is 1. The molecule has 4 rings (SSSR count). The van der Waals surface area contributed by atoms with Crippen molar-refractivity contribution in [3.63, 3.8) is 0 Å². The van der Waals surface area contributed by atoms with Crippen molar-refractivity contribution < 1.29 is 0 Å². The Morgan fingerprint density at radius 2 is 1.78 bits per heavy atom. The zero-order valence-electron chi connectivity index (χ0n) is 23.6. The normalized spacial score (nSPS) is 21.2. The molecule has 1 aromatic carbocycles. The fraction of sp³-hybridized carbons (Fsp3) is 0.677. The largest absolute Gasteiger partial charge is 0.354 e. The van der Waals surface area contributed by atoms with E-state index in [1.54, 1.807) is 0 Å². The van der Waals surface area contributed by atoms with Crippen molar-refractivity contribution in [1.82, 2.24) is 14.8 Å². The Bertz CT molecular complexity index is 1000. The molecule has 0 bridgehead atoms. The minimum absolute atomic E-state index is 0.453. The molecule has 204 valence electrons. The highest BCUT2D eigenvalue weighted by Crippen LogP contribution is 2.27. The van der Waals surface area contributed by atoms with Gasteiger partial charge in [-0.15, -0.1) is 0 Å². The van der Waals surface area contributed by atoms with Crippen LogP contribution in [0, 0.1) is 12.8 Å². The molecule has 2 N–H and O–H groups in total. The van der Waals surface area contributed by atoms with Crippen molar-refractivity contribution in [3.8, 4) is 0 Å². The number of nitrogens with two attached hydrogens (primary N) is 1. The molecule has 1 aliphatic heterocycles. The molecule has 2 aliphatic rings. The lowest BCUT2D eigenvalue weighted by Crippen LogP contribution is -2.47. The minimum atomic E-state index is 0.453. The van der Waals surface area contributed by atoms with Crippen LogP contribution in [0.4, 0.5) is 5.82 Å². The van der Waals surface area contributed by atoms with Gasteiger partial charge in [0.1, 0.15) is 5.82 Å². The van der Waals surface area contributed by atoms with E-state index >= 15 is 0 Å². The predicted molar refractivity (Wildman–Crippen MR) is 163 cm³/mol. The minimum Gasteiger partial charge on any atom is -0.354 e. The molecule has 37 heavy (non-hydrogen) atoms. The Morgan fingerprint density at radius 1 is 1.05 bits per heavy atom. The summed E-state index contributed by atoms with van der Waals surface area (Å²) in [7, 11) is 0. The van der Waals surface area contributed by atoms with Crippen LogP contribution in [0.1, 0.15) is 69.9 Å². The van der Waals surface area contributed by atoms with Crippen LogP contribution in [0.15, 0.2) is 24.3 Å². The number of hydrogen-bond acceptors (Lipinski definition) is 6. The molecule has 2 aromatic rings. The Balaban J connectivity index is 1.28. The van der Waals surface area contributed by atoms with Gasteiger partial charge in [-0.25, -0.2) is 4.98 Å². The van der Waals surface area contributed by atoms with Crippen molar-refractivity contribution in [1.29, 1.82) is 0 Å². The van der Waals surface area contributed by atoms with Gasteiger partial charge in [-0.05, 0) is 118 Å².